The van der Waals surface area contributed by atoms with Gasteiger partial charge in [-0.3, -0.25) is 14.6 Å². The maximum Gasteiger partial charge on any atom is 0.270 e. The zero-order chi connectivity index (χ0) is 26.5. The van der Waals surface area contributed by atoms with Crippen molar-refractivity contribution in [1.82, 2.24) is 15.6 Å². The third-order valence-corrected chi connectivity index (χ3v) is 6.47. The molecule has 0 aliphatic carbocycles. The predicted octanol–water partition coefficient (Wildman–Crippen LogP) is 2.49. The van der Waals surface area contributed by atoms with Gasteiger partial charge in [0.15, 0.2) is 0 Å². The number of piperidine rings is 1. The first-order valence-electron chi connectivity index (χ1n) is 12.4. The van der Waals surface area contributed by atoms with Gasteiger partial charge in [0.1, 0.15) is 41.2 Å². The minimum absolute atomic E-state index is 0.0418. The third-order valence-electron chi connectivity index (χ3n) is 6.47. The Balaban J connectivity index is 1.28. The van der Waals surface area contributed by atoms with Crippen LogP contribution in [0.3, 0.4) is 0 Å². The molecule has 2 amide bonds. The molecule has 3 heterocycles. The molecule has 9 heteroatoms. The molecule has 0 radical (unpaired) electrons. The van der Waals surface area contributed by atoms with Gasteiger partial charge in [-0.2, -0.15) is 0 Å². The van der Waals surface area contributed by atoms with Gasteiger partial charge in [0.05, 0.1) is 5.69 Å². The highest BCUT2D eigenvalue weighted by molar-refractivity contribution is 6.03. The summed E-state index contributed by atoms with van der Waals surface area (Å²) in [5.41, 5.74) is 0.278. The Labute approximate surface area is 220 Å². The number of para-hydroxylation sites is 1. The van der Waals surface area contributed by atoms with Crippen LogP contribution >= 0.6 is 0 Å². The molecule has 9 nitrogen and oxygen atoms in total. The highest BCUT2D eigenvalue weighted by Gasteiger charge is 2.31. The number of pyridine rings is 1. The van der Waals surface area contributed by atoms with Crippen molar-refractivity contribution in [3.63, 3.8) is 0 Å². The molecule has 1 unspecified atom stereocenters. The number of carbonyl (C=O) groups excluding carboxylic acids is 2. The summed E-state index contributed by atoms with van der Waals surface area (Å²) >= 11 is 0. The number of anilines is 1. The fourth-order valence-electron chi connectivity index (χ4n) is 4.29. The van der Waals surface area contributed by atoms with Gasteiger partial charge in [0.2, 0.25) is 0 Å². The summed E-state index contributed by atoms with van der Waals surface area (Å²) in [7, 11) is 1.62. The number of likely N-dealkylation sites (N-methyl/N-ethyl adjacent to an activating group) is 1. The lowest BCUT2D eigenvalue weighted by Gasteiger charge is -2.27. The molecule has 3 aromatic rings. The summed E-state index contributed by atoms with van der Waals surface area (Å²) in [5.74, 6) is 6.74. The molecule has 2 aliphatic rings. The lowest BCUT2D eigenvalue weighted by atomic mass is 9.93. The standard InChI is InChI=1S/C29H28N4O5/c1-33-25-17-20(9-11-29(36)12-15-30-16-13-29)7-8-26(25)37-19-24(28(33)35)32-27(34)23-18-22(10-14-31-23)38-21-5-3-2-4-6-21/h2-8,10,14,17-18,24,30,36H,12-13,15-16,19H2,1H3,(H,32,34). The van der Waals surface area contributed by atoms with Crippen LogP contribution in [0.2, 0.25) is 0 Å². The number of ether oxygens (including phenoxy) is 2. The van der Waals surface area contributed by atoms with Crippen molar-refractivity contribution >= 4 is 17.5 Å². The minimum Gasteiger partial charge on any atom is -0.489 e. The zero-order valence-corrected chi connectivity index (χ0v) is 20.9. The van der Waals surface area contributed by atoms with Crippen molar-refractivity contribution < 1.29 is 24.2 Å². The van der Waals surface area contributed by atoms with E-state index in [1.165, 1.54) is 17.2 Å². The van der Waals surface area contributed by atoms with E-state index in [4.69, 9.17) is 9.47 Å². The Morgan fingerprint density at radius 1 is 1.16 bits per heavy atom. The summed E-state index contributed by atoms with van der Waals surface area (Å²) in [6.07, 6.45) is 2.59. The van der Waals surface area contributed by atoms with E-state index in [9.17, 15) is 14.7 Å². The van der Waals surface area contributed by atoms with Crippen molar-refractivity contribution in [2.75, 3.05) is 31.6 Å². The number of fused-ring (bicyclic) bond motifs is 1. The first-order valence-corrected chi connectivity index (χ1v) is 12.4. The smallest absolute Gasteiger partial charge is 0.270 e. The highest BCUT2D eigenvalue weighted by Crippen LogP contribution is 2.32. The van der Waals surface area contributed by atoms with E-state index >= 15 is 0 Å². The summed E-state index contributed by atoms with van der Waals surface area (Å²) in [6.45, 7) is 1.39. The first-order chi connectivity index (χ1) is 18.4. The molecule has 1 aromatic heterocycles. The Morgan fingerprint density at radius 2 is 1.95 bits per heavy atom. The van der Waals surface area contributed by atoms with E-state index in [2.05, 4.69) is 27.5 Å². The van der Waals surface area contributed by atoms with E-state index in [0.29, 0.717) is 54.4 Å². The predicted molar refractivity (Wildman–Crippen MR) is 141 cm³/mol. The fraction of sp³-hybridized carbons (Fsp3) is 0.276. The lowest BCUT2D eigenvalue weighted by molar-refractivity contribution is -0.120. The van der Waals surface area contributed by atoms with Crippen molar-refractivity contribution in [3.05, 3.63) is 78.1 Å². The van der Waals surface area contributed by atoms with Crippen molar-refractivity contribution in [2.45, 2.75) is 24.5 Å². The largest absolute Gasteiger partial charge is 0.489 e. The van der Waals surface area contributed by atoms with Crippen molar-refractivity contribution in [3.8, 4) is 29.1 Å². The molecule has 2 aliphatic heterocycles. The second-order valence-corrected chi connectivity index (χ2v) is 9.24. The quantitative estimate of drug-likeness (QED) is 0.461. The van der Waals surface area contributed by atoms with Crippen LogP contribution < -0.4 is 25.0 Å². The zero-order valence-electron chi connectivity index (χ0n) is 20.9. The molecule has 194 valence electrons. The van der Waals surface area contributed by atoms with Gasteiger partial charge in [-0.25, -0.2) is 0 Å². The highest BCUT2D eigenvalue weighted by atomic mass is 16.5. The summed E-state index contributed by atoms with van der Waals surface area (Å²) < 4.78 is 11.7. The number of carbonyl (C=O) groups is 2. The average molecular weight is 513 g/mol. The second-order valence-electron chi connectivity index (χ2n) is 9.24. The number of hydrogen-bond donors (Lipinski definition) is 3. The Kier molecular flexibility index (Phi) is 7.26. The van der Waals surface area contributed by atoms with Gasteiger partial charge in [0.25, 0.3) is 11.8 Å². The molecule has 2 aromatic carbocycles. The van der Waals surface area contributed by atoms with E-state index in [0.717, 1.165) is 0 Å². The molecule has 5 rings (SSSR count). The van der Waals surface area contributed by atoms with Crippen LogP contribution in [0.4, 0.5) is 5.69 Å². The maximum atomic E-state index is 13.3. The minimum atomic E-state index is -1.02. The summed E-state index contributed by atoms with van der Waals surface area (Å²) in [4.78, 5) is 31.8. The van der Waals surface area contributed by atoms with Gasteiger partial charge >= 0.3 is 0 Å². The normalized spacial score (nSPS) is 18.2. The maximum absolute atomic E-state index is 13.3. The second kappa shape index (κ2) is 10.9. The molecule has 1 fully saturated rings. The molecule has 0 bridgehead atoms. The topological polar surface area (TPSA) is 113 Å². The summed E-state index contributed by atoms with van der Waals surface area (Å²) in [6, 6.07) is 16.7. The van der Waals surface area contributed by atoms with Crippen LogP contribution in [0.25, 0.3) is 0 Å². The van der Waals surface area contributed by atoms with Crippen LogP contribution in [0.1, 0.15) is 28.9 Å². The monoisotopic (exact) mass is 512 g/mol. The van der Waals surface area contributed by atoms with E-state index < -0.39 is 17.6 Å². The van der Waals surface area contributed by atoms with Crippen LogP contribution in [-0.4, -0.2) is 60.3 Å². The van der Waals surface area contributed by atoms with Crippen LogP contribution in [0.5, 0.6) is 17.2 Å². The number of aliphatic hydroxyl groups is 1. The first kappa shape index (κ1) is 25.3. The number of nitrogens with zero attached hydrogens (tertiary/aromatic N) is 2. The average Bonchev–Trinajstić information content (AvgIpc) is 3.05. The number of aromatic nitrogens is 1. The number of hydrogen-bond acceptors (Lipinski definition) is 7. The SMILES string of the molecule is CN1C(=O)C(NC(=O)c2cc(Oc3ccccc3)ccn2)COc2ccc(C#CC3(O)CCNCC3)cc21. The van der Waals surface area contributed by atoms with Crippen LogP contribution in [0.15, 0.2) is 66.9 Å². The molecular weight excluding hydrogens is 484 g/mol. The molecule has 38 heavy (non-hydrogen) atoms. The van der Waals surface area contributed by atoms with Crippen LogP contribution in [-0.2, 0) is 4.79 Å². The molecule has 1 atom stereocenters. The van der Waals surface area contributed by atoms with Gasteiger partial charge < -0.3 is 30.1 Å². The number of benzene rings is 2. The van der Waals surface area contributed by atoms with Gasteiger partial charge in [0, 0.05) is 24.9 Å². The molecular formula is C29H28N4O5. The lowest BCUT2D eigenvalue weighted by Crippen LogP contribution is -2.49. The van der Waals surface area contributed by atoms with E-state index in [-0.39, 0.29) is 18.2 Å². The molecule has 0 spiro atoms. The Morgan fingerprint density at radius 3 is 2.74 bits per heavy atom. The molecule has 1 saturated heterocycles. The van der Waals surface area contributed by atoms with Gasteiger partial charge in [-0.1, -0.05) is 30.0 Å². The van der Waals surface area contributed by atoms with Gasteiger partial charge in [-0.15, -0.1) is 0 Å². The van der Waals surface area contributed by atoms with Crippen molar-refractivity contribution in [2.24, 2.45) is 0 Å². The number of nitrogens with one attached hydrogen (secondary N) is 2. The van der Waals surface area contributed by atoms with E-state index in [1.807, 2.05) is 30.3 Å². The van der Waals surface area contributed by atoms with E-state index in [1.54, 1.807) is 31.3 Å². The number of amides is 2. The van der Waals surface area contributed by atoms with Crippen molar-refractivity contribution in [1.29, 1.82) is 0 Å². The Bertz CT molecular complexity index is 1390. The Hall–Kier alpha value is -4.39. The fourth-order valence-corrected chi connectivity index (χ4v) is 4.29. The molecule has 0 saturated carbocycles. The summed E-state index contributed by atoms with van der Waals surface area (Å²) in [5, 5.41) is 16.6. The number of rotatable bonds is 4. The van der Waals surface area contributed by atoms with Crippen LogP contribution in [0, 0.1) is 11.8 Å². The molecule has 3 N–H and O–H groups in total. The van der Waals surface area contributed by atoms with Gasteiger partial charge in [-0.05, 0) is 62.3 Å². The third kappa shape index (κ3) is 5.78.